The molecule has 1 aromatic rings. The fraction of sp³-hybridized carbons (Fsp3) is 0.562. The van der Waals surface area contributed by atoms with Crippen LogP contribution >= 0.6 is 0 Å². The predicted octanol–water partition coefficient (Wildman–Crippen LogP) is 3.57. The largest absolute Gasteiger partial charge is 0.481 e. The van der Waals surface area contributed by atoms with Crippen molar-refractivity contribution in [2.45, 2.75) is 51.0 Å². The molecule has 0 spiro atoms. The minimum atomic E-state index is -0.797. The molecule has 1 amide bonds. The molecule has 0 radical (unpaired) electrons. The molecule has 3 nitrogen and oxygen atoms in total. The lowest BCUT2D eigenvalue weighted by atomic mass is 9.97. The smallest absolute Gasteiger partial charge is 0.258 e. The molecule has 0 bridgehead atoms. The van der Waals surface area contributed by atoms with E-state index in [4.69, 9.17) is 4.74 Å². The number of hydrogen-bond acceptors (Lipinski definition) is 2. The third-order valence-corrected chi connectivity index (χ3v) is 3.72. The summed E-state index contributed by atoms with van der Waals surface area (Å²) in [6, 6.07) is 3.21. The first-order valence-corrected chi connectivity index (χ1v) is 7.52. The van der Waals surface area contributed by atoms with Crippen molar-refractivity contribution in [3.8, 4) is 5.75 Å². The summed E-state index contributed by atoms with van der Waals surface area (Å²) < 4.78 is 31.2. The quantitative estimate of drug-likeness (QED) is 0.922. The van der Waals surface area contributed by atoms with E-state index < -0.39 is 11.6 Å². The Morgan fingerprint density at radius 3 is 2.48 bits per heavy atom. The van der Waals surface area contributed by atoms with Gasteiger partial charge in [-0.25, -0.2) is 8.78 Å². The number of amides is 1. The predicted molar refractivity (Wildman–Crippen MR) is 76.1 cm³/mol. The maximum absolute atomic E-state index is 13.4. The molecule has 116 valence electrons. The number of hydrogen-bond donors (Lipinski definition) is 1. The zero-order valence-corrected chi connectivity index (χ0v) is 12.0. The second-order valence-corrected chi connectivity index (χ2v) is 5.47. The van der Waals surface area contributed by atoms with Gasteiger partial charge in [-0.3, -0.25) is 4.79 Å². The Bertz CT molecular complexity index is 471. The van der Waals surface area contributed by atoms with Crippen LogP contribution in [0.2, 0.25) is 0 Å². The summed E-state index contributed by atoms with van der Waals surface area (Å²) in [6.07, 6.45) is 7.91. The molecule has 0 aromatic heterocycles. The van der Waals surface area contributed by atoms with E-state index in [1.165, 1.54) is 25.3 Å². The molecule has 1 saturated carbocycles. The van der Waals surface area contributed by atoms with Gasteiger partial charge in [0.05, 0.1) is 0 Å². The number of halogens is 2. The van der Waals surface area contributed by atoms with Crippen LogP contribution in [-0.2, 0) is 4.79 Å². The second-order valence-electron chi connectivity index (χ2n) is 5.47. The van der Waals surface area contributed by atoms with Crippen LogP contribution in [0.25, 0.3) is 0 Å². The molecule has 1 aromatic carbocycles. The lowest BCUT2D eigenvalue weighted by molar-refractivity contribution is -0.124. The van der Waals surface area contributed by atoms with Gasteiger partial charge < -0.3 is 10.1 Å². The zero-order valence-electron chi connectivity index (χ0n) is 12.0. The number of rotatable bonds is 4. The Kier molecular flexibility index (Phi) is 5.96. The summed E-state index contributed by atoms with van der Waals surface area (Å²) in [5.74, 6) is -1.83. The van der Waals surface area contributed by atoms with Crippen LogP contribution < -0.4 is 10.1 Å². The summed E-state index contributed by atoms with van der Waals surface area (Å²) in [7, 11) is 0. The van der Waals surface area contributed by atoms with Gasteiger partial charge in [0.15, 0.2) is 18.2 Å². The lowest BCUT2D eigenvalue weighted by Crippen LogP contribution is -2.38. The fourth-order valence-electron chi connectivity index (χ4n) is 2.61. The molecule has 1 aliphatic carbocycles. The molecule has 2 rings (SSSR count). The molecular formula is C16H21F2NO2. The minimum absolute atomic E-state index is 0.107. The Morgan fingerprint density at radius 2 is 1.81 bits per heavy atom. The van der Waals surface area contributed by atoms with Crippen LogP contribution in [0.4, 0.5) is 8.78 Å². The fourth-order valence-corrected chi connectivity index (χ4v) is 2.61. The molecule has 0 atom stereocenters. The van der Waals surface area contributed by atoms with Crippen LogP contribution in [0.3, 0.4) is 0 Å². The number of carbonyl (C=O) groups is 1. The summed E-state index contributed by atoms with van der Waals surface area (Å²) >= 11 is 0. The van der Waals surface area contributed by atoms with Crippen LogP contribution in [-0.4, -0.2) is 18.6 Å². The maximum Gasteiger partial charge on any atom is 0.258 e. The van der Waals surface area contributed by atoms with Gasteiger partial charge >= 0.3 is 0 Å². The van der Waals surface area contributed by atoms with Gasteiger partial charge in [0.2, 0.25) is 0 Å². The van der Waals surface area contributed by atoms with Gasteiger partial charge in [-0.15, -0.1) is 0 Å². The molecule has 0 saturated heterocycles. The van der Waals surface area contributed by atoms with Gasteiger partial charge in [-0.2, -0.15) is 0 Å². The van der Waals surface area contributed by atoms with E-state index in [2.05, 4.69) is 5.32 Å². The number of carbonyl (C=O) groups excluding carboxylic acids is 1. The van der Waals surface area contributed by atoms with Gasteiger partial charge in [0.1, 0.15) is 5.82 Å². The van der Waals surface area contributed by atoms with Crippen molar-refractivity contribution in [2.75, 3.05) is 6.61 Å². The first kappa shape index (κ1) is 15.7. The maximum atomic E-state index is 13.4. The zero-order chi connectivity index (χ0) is 15.1. The Hall–Kier alpha value is -1.65. The van der Waals surface area contributed by atoms with Crippen molar-refractivity contribution in [3.63, 3.8) is 0 Å². The lowest BCUT2D eigenvalue weighted by Gasteiger charge is -2.21. The van der Waals surface area contributed by atoms with E-state index in [0.29, 0.717) is 0 Å². The molecule has 1 fully saturated rings. The van der Waals surface area contributed by atoms with Crippen LogP contribution in [0.5, 0.6) is 5.75 Å². The van der Waals surface area contributed by atoms with Gasteiger partial charge in [-0.05, 0) is 25.0 Å². The number of ether oxygens (including phenoxy) is 1. The molecular weight excluding hydrogens is 276 g/mol. The van der Waals surface area contributed by atoms with Gasteiger partial charge in [0.25, 0.3) is 5.91 Å². The minimum Gasteiger partial charge on any atom is -0.481 e. The van der Waals surface area contributed by atoms with Crippen LogP contribution in [0, 0.1) is 11.6 Å². The Balaban J connectivity index is 1.78. The summed E-state index contributed by atoms with van der Waals surface area (Å²) in [4.78, 5) is 11.8. The highest BCUT2D eigenvalue weighted by atomic mass is 19.1. The van der Waals surface area contributed by atoms with Gasteiger partial charge in [0, 0.05) is 12.1 Å². The normalized spacial score (nSPS) is 16.9. The first-order valence-electron chi connectivity index (χ1n) is 7.52. The molecule has 0 aliphatic heterocycles. The van der Waals surface area contributed by atoms with E-state index in [9.17, 15) is 13.6 Å². The second kappa shape index (κ2) is 7.96. The summed E-state index contributed by atoms with van der Waals surface area (Å²) in [6.45, 7) is -0.251. The molecule has 5 heteroatoms. The SMILES string of the molecule is O=C(COc1ccc(F)cc1F)NC1CCCCCCC1. The average molecular weight is 297 g/mol. The Morgan fingerprint density at radius 1 is 1.14 bits per heavy atom. The van der Waals surface area contributed by atoms with Crippen molar-refractivity contribution in [1.82, 2.24) is 5.32 Å². The highest BCUT2D eigenvalue weighted by Gasteiger charge is 2.15. The Labute approximate surface area is 123 Å². The van der Waals surface area contributed by atoms with E-state index in [0.717, 1.165) is 37.8 Å². The van der Waals surface area contributed by atoms with Crippen LogP contribution in [0.1, 0.15) is 44.9 Å². The third-order valence-electron chi connectivity index (χ3n) is 3.72. The third kappa shape index (κ3) is 5.33. The van der Waals surface area contributed by atoms with E-state index in [-0.39, 0.29) is 24.3 Å². The van der Waals surface area contributed by atoms with Crippen molar-refractivity contribution in [1.29, 1.82) is 0 Å². The number of nitrogens with one attached hydrogen (secondary N) is 1. The van der Waals surface area contributed by atoms with Crippen molar-refractivity contribution in [3.05, 3.63) is 29.8 Å². The monoisotopic (exact) mass is 297 g/mol. The molecule has 1 N–H and O–H groups in total. The van der Waals surface area contributed by atoms with Crippen molar-refractivity contribution >= 4 is 5.91 Å². The standard InChI is InChI=1S/C16H21F2NO2/c17-12-8-9-15(14(18)10-12)21-11-16(20)19-13-6-4-2-1-3-5-7-13/h8-10,13H,1-7,11H2,(H,19,20). The van der Waals surface area contributed by atoms with E-state index in [1.54, 1.807) is 0 Å². The molecule has 0 heterocycles. The van der Waals surface area contributed by atoms with Crippen LogP contribution in [0.15, 0.2) is 18.2 Å². The average Bonchev–Trinajstić information content (AvgIpc) is 2.41. The van der Waals surface area contributed by atoms with Gasteiger partial charge in [-0.1, -0.05) is 32.1 Å². The topological polar surface area (TPSA) is 38.3 Å². The molecule has 0 unspecified atom stereocenters. The summed E-state index contributed by atoms with van der Waals surface area (Å²) in [5, 5.41) is 2.93. The first-order chi connectivity index (χ1) is 10.1. The number of benzene rings is 1. The highest BCUT2D eigenvalue weighted by molar-refractivity contribution is 5.77. The van der Waals surface area contributed by atoms with E-state index in [1.807, 2.05) is 0 Å². The van der Waals surface area contributed by atoms with E-state index >= 15 is 0 Å². The molecule has 21 heavy (non-hydrogen) atoms. The highest BCUT2D eigenvalue weighted by Crippen LogP contribution is 2.18. The summed E-state index contributed by atoms with van der Waals surface area (Å²) in [5.41, 5.74) is 0. The van der Waals surface area contributed by atoms with Crippen molar-refractivity contribution in [2.24, 2.45) is 0 Å². The van der Waals surface area contributed by atoms with Crippen molar-refractivity contribution < 1.29 is 18.3 Å². The molecule has 1 aliphatic rings.